The fourth-order valence-corrected chi connectivity index (χ4v) is 4.39. The number of nitrogens with one attached hydrogen (secondary N) is 2. The molecule has 3 rings (SSSR count). The number of fused-ring (bicyclic) bond motifs is 1. The van der Waals surface area contributed by atoms with Crippen LogP contribution in [-0.4, -0.2) is 40.7 Å². The molecule has 0 saturated carbocycles. The number of aromatic nitrogens is 3. The Balaban J connectivity index is 1.92. The van der Waals surface area contributed by atoms with Gasteiger partial charge in [-0.1, -0.05) is 0 Å². The summed E-state index contributed by atoms with van der Waals surface area (Å²) in [6.07, 6.45) is 1.71. The molecular weight excluding hydrogens is 380 g/mol. The van der Waals surface area contributed by atoms with Gasteiger partial charge >= 0.3 is 0 Å². The van der Waals surface area contributed by atoms with Crippen LogP contribution < -0.4 is 15.6 Å². The summed E-state index contributed by atoms with van der Waals surface area (Å²) in [5.74, 6) is 0.194. The van der Waals surface area contributed by atoms with Gasteiger partial charge in [0.05, 0.1) is 43.6 Å². The van der Waals surface area contributed by atoms with Crippen LogP contribution in [0.3, 0.4) is 0 Å². The quantitative estimate of drug-likeness (QED) is 0.631. The molecular formula is C19H24N4O4S. The Hall–Kier alpha value is -2.65. The molecule has 2 N–H and O–H groups in total. The van der Waals surface area contributed by atoms with E-state index in [1.54, 1.807) is 26.3 Å². The summed E-state index contributed by atoms with van der Waals surface area (Å²) in [6.45, 7) is 6.31. The number of nitrogens with zero attached hydrogens (tertiary/aromatic N) is 2. The minimum atomic E-state index is -0.275. The number of carbonyl (C=O) groups is 1. The third-order valence-corrected chi connectivity index (χ3v) is 5.51. The molecule has 0 radical (unpaired) electrons. The highest BCUT2D eigenvalue weighted by molar-refractivity contribution is 7.13. The van der Waals surface area contributed by atoms with Gasteiger partial charge in [-0.25, -0.2) is 0 Å². The first kappa shape index (κ1) is 20.1. The molecule has 9 heteroatoms. The second-order valence-electron chi connectivity index (χ2n) is 6.69. The number of ether oxygens (including phenoxy) is 2. The molecule has 150 valence electrons. The van der Waals surface area contributed by atoms with E-state index < -0.39 is 0 Å². The van der Waals surface area contributed by atoms with Gasteiger partial charge in [0, 0.05) is 23.9 Å². The van der Waals surface area contributed by atoms with E-state index in [0.717, 1.165) is 15.9 Å². The van der Waals surface area contributed by atoms with Gasteiger partial charge in [-0.05, 0) is 38.4 Å². The van der Waals surface area contributed by atoms with Crippen molar-refractivity contribution in [2.75, 3.05) is 20.8 Å². The van der Waals surface area contributed by atoms with Gasteiger partial charge in [-0.15, -0.1) is 0 Å². The van der Waals surface area contributed by atoms with Gasteiger partial charge in [0.2, 0.25) is 0 Å². The second-order valence-corrected chi connectivity index (χ2v) is 7.47. The van der Waals surface area contributed by atoms with Crippen LogP contribution in [0.15, 0.2) is 17.1 Å². The lowest BCUT2D eigenvalue weighted by Crippen LogP contribution is -2.28. The van der Waals surface area contributed by atoms with Gasteiger partial charge in [0.1, 0.15) is 10.6 Å². The SMILES string of the molecule is COCC(C)n1c(C)c(C(=O)NCc2c(OC)cc(C)[nH]c2=O)c2cnsc21. The van der Waals surface area contributed by atoms with E-state index in [1.807, 2.05) is 13.8 Å². The van der Waals surface area contributed by atoms with E-state index in [9.17, 15) is 9.59 Å². The first-order valence-electron chi connectivity index (χ1n) is 8.88. The number of methoxy groups -OCH3 is 2. The van der Waals surface area contributed by atoms with Crippen molar-refractivity contribution in [1.82, 2.24) is 19.2 Å². The average Bonchev–Trinajstić information content (AvgIpc) is 3.19. The molecule has 0 fully saturated rings. The minimum Gasteiger partial charge on any atom is -0.496 e. The van der Waals surface area contributed by atoms with Gasteiger partial charge in [0.25, 0.3) is 11.5 Å². The van der Waals surface area contributed by atoms with Crippen LogP contribution >= 0.6 is 11.5 Å². The summed E-state index contributed by atoms with van der Waals surface area (Å²) < 4.78 is 16.9. The van der Waals surface area contributed by atoms with E-state index >= 15 is 0 Å². The summed E-state index contributed by atoms with van der Waals surface area (Å²) in [5.41, 5.74) is 2.21. The third-order valence-electron chi connectivity index (χ3n) is 4.71. The Morgan fingerprint density at radius 2 is 2.14 bits per heavy atom. The second kappa shape index (κ2) is 8.15. The van der Waals surface area contributed by atoms with E-state index in [-0.39, 0.29) is 24.1 Å². The molecule has 0 spiro atoms. The number of pyridine rings is 1. The van der Waals surface area contributed by atoms with Crippen LogP contribution in [0, 0.1) is 13.8 Å². The summed E-state index contributed by atoms with van der Waals surface area (Å²) in [5, 5.41) is 3.65. The zero-order valence-corrected chi connectivity index (χ0v) is 17.4. The molecule has 0 aliphatic carbocycles. The molecule has 3 aromatic rings. The predicted octanol–water partition coefficient (Wildman–Crippen LogP) is 2.55. The summed E-state index contributed by atoms with van der Waals surface area (Å²) in [7, 11) is 3.15. The van der Waals surface area contributed by atoms with Crippen molar-refractivity contribution in [2.45, 2.75) is 33.4 Å². The standard InChI is InChI=1S/C19H24N4O4S/c1-10-6-15(27-5)13(17(24)22-10)7-20-18(25)16-12(3)23(11(2)9-26-4)19-14(16)8-21-28-19/h6,8,11H,7,9H2,1-5H3,(H,20,25)(H,22,24). The molecule has 0 bridgehead atoms. The van der Waals surface area contributed by atoms with Crippen LogP contribution in [-0.2, 0) is 11.3 Å². The molecule has 1 atom stereocenters. The normalized spacial score (nSPS) is 12.3. The fraction of sp³-hybridized carbons (Fsp3) is 0.421. The number of hydrogen-bond acceptors (Lipinski definition) is 6. The largest absolute Gasteiger partial charge is 0.496 e. The Morgan fingerprint density at radius 1 is 1.39 bits per heavy atom. The van der Waals surface area contributed by atoms with Gasteiger partial charge in [-0.3, -0.25) is 9.59 Å². The first-order valence-corrected chi connectivity index (χ1v) is 9.65. The molecule has 1 unspecified atom stereocenters. The molecule has 0 saturated heterocycles. The van der Waals surface area contributed by atoms with E-state index in [2.05, 4.69) is 19.2 Å². The zero-order chi connectivity index (χ0) is 20.4. The fourth-order valence-electron chi connectivity index (χ4n) is 3.47. The summed E-state index contributed by atoms with van der Waals surface area (Å²) >= 11 is 1.35. The molecule has 28 heavy (non-hydrogen) atoms. The van der Waals surface area contributed by atoms with Gasteiger partial charge in [0.15, 0.2) is 0 Å². The molecule has 0 aliphatic heterocycles. The number of amides is 1. The minimum absolute atomic E-state index is 0.0644. The maximum Gasteiger partial charge on any atom is 0.256 e. The molecule has 0 aromatic carbocycles. The maximum absolute atomic E-state index is 13.0. The molecule has 8 nitrogen and oxygen atoms in total. The van der Waals surface area contributed by atoms with Crippen LogP contribution in [0.25, 0.3) is 10.2 Å². The van der Waals surface area contributed by atoms with E-state index in [0.29, 0.717) is 29.2 Å². The van der Waals surface area contributed by atoms with Crippen molar-refractivity contribution in [3.05, 3.63) is 45.1 Å². The number of aromatic amines is 1. The monoisotopic (exact) mass is 404 g/mol. The van der Waals surface area contributed by atoms with Crippen molar-refractivity contribution in [1.29, 1.82) is 0 Å². The van der Waals surface area contributed by atoms with Crippen molar-refractivity contribution < 1.29 is 14.3 Å². The van der Waals surface area contributed by atoms with Crippen molar-refractivity contribution in [3.8, 4) is 5.75 Å². The molecule has 1 amide bonds. The Bertz CT molecular complexity index is 1070. The van der Waals surface area contributed by atoms with Crippen molar-refractivity contribution >= 4 is 27.7 Å². The van der Waals surface area contributed by atoms with Crippen molar-refractivity contribution in [3.63, 3.8) is 0 Å². The van der Waals surface area contributed by atoms with Crippen LogP contribution in [0.4, 0.5) is 0 Å². The predicted molar refractivity (Wildman–Crippen MR) is 108 cm³/mol. The van der Waals surface area contributed by atoms with E-state index in [4.69, 9.17) is 9.47 Å². The maximum atomic E-state index is 13.0. The number of aryl methyl sites for hydroxylation is 1. The van der Waals surface area contributed by atoms with Crippen LogP contribution in [0.5, 0.6) is 5.75 Å². The highest BCUT2D eigenvalue weighted by Crippen LogP contribution is 2.31. The highest BCUT2D eigenvalue weighted by Gasteiger charge is 2.24. The van der Waals surface area contributed by atoms with Crippen molar-refractivity contribution in [2.24, 2.45) is 0 Å². The number of rotatable bonds is 7. The first-order chi connectivity index (χ1) is 13.4. The Morgan fingerprint density at radius 3 is 2.82 bits per heavy atom. The lowest BCUT2D eigenvalue weighted by atomic mass is 10.1. The Kier molecular flexibility index (Phi) is 5.85. The number of hydrogen-bond donors (Lipinski definition) is 2. The smallest absolute Gasteiger partial charge is 0.256 e. The zero-order valence-electron chi connectivity index (χ0n) is 16.6. The summed E-state index contributed by atoms with van der Waals surface area (Å²) in [4.78, 5) is 28.9. The molecule has 0 aliphatic rings. The van der Waals surface area contributed by atoms with Crippen LogP contribution in [0.2, 0.25) is 0 Å². The van der Waals surface area contributed by atoms with Crippen LogP contribution in [0.1, 0.15) is 40.3 Å². The summed E-state index contributed by atoms with van der Waals surface area (Å²) in [6, 6.07) is 1.80. The highest BCUT2D eigenvalue weighted by atomic mass is 32.1. The molecule has 3 heterocycles. The number of carbonyl (C=O) groups excluding carboxylic acids is 1. The van der Waals surface area contributed by atoms with Gasteiger partial charge < -0.3 is 24.3 Å². The third kappa shape index (κ3) is 3.55. The van der Waals surface area contributed by atoms with E-state index in [1.165, 1.54) is 18.6 Å². The number of H-pyrrole nitrogens is 1. The van der Waals surface area contributed by atoms with Gasteiger partial charge in [-0.2, -0.15) is 4.37 Å². The lowest BCUT2D eigenvalue weighted by molar-refractivity contribution is 0.0951. The average molecular weight is 404 g/mol. The lowest BCUT2D eigenvalue weighted by Gasteiger charge is -2.16. The molecule has 3 aromatic heterocycles. The Labute approximate surface area is 166 Å². The topological polar surface area (TPSA) is 98.2 Å².